The molecule has 0 fully saturated rings. The fraction of sp³-hybridized carbons (Fsp3) is 0.154. The third-order valence-electron chi connectivity index (χ3n) is 2.57. The highest BCUT2D eigenvalue weighted by atomic mass is 32.1. The zero-order chi connectivity index (χ0) is 15.4. The van der Waals surface area contributed by atoms with Crippen LogP contribution in [0.3, 0.4) is 0 Å². The number of nitrogens with zero attached hydrogens (tertiary/aromatic N) is 1. The number of nitrogens with one attached hydrogen (secondary N) is 1. The number of carbonyl (C=O) groups excluding carboxylic acids is 1. The summed E-state index contributed by atoms with van der Waals surface area (Å²) in [5.74, 6) is -3.37. The molecular formula is C13H10F2N2O3S. The maximum atomic E-state index is 13.4. The van der Waals surface area contributed by atoms with Gasteiger partial charge < -0.3 is 10.4 Å². The summed E-state index contributed by atoms with van der Waals surface area (Å²) in [6, 6.07) is 2.62. The van der Waals surface area contributed by atoms with Crippen molar-refractivity contribution in [3.05, 3.63) is 51.5 Å². The van der Waals surface area contributed by atoms with Gasteiger partial charge in [-0.05, 0) is 18.2 Å². The molecule has 0 unspecified atom stereocenters. The van der Waals surface area contributed by atoms with Gasteiger partial charge in [0.25, 0.3) is 5.91 Å². The quantitative estimate of drug-likeness (QED) is 0.886. The molecule has 21 heavy (non-hydrogen) atoms. The van der Waals surface area contributed by atoms with Gasteiger partial charge in [-0.3, -0.25) is 4.79 Å². The SMILES string of the molecule is O=C(O)c1csc(CCNC(=O)c2cc(F)ccc2F)n1. The first-order chi connectivity index (χ1) is 9.97. The molecule has 0 radical (unpaired) electrons. The minimum atomic E-state index is -1.12. The zero-order valence-corrected chi connectivity index (χ0v) is 11.4. The second-order valence-electron chi connectivity index (χ2n) is 4.06. The lowest BCUT2D eigenvalue weighted by Gasteiger charge is -2.05. The van der Waals surface area contributed by atoms with E-state index in [-0.39, 0.29) is 17.8 Å². The van der Waals surface area contributed by atoms with Crippen LogP contribution in [0.1, 0.15) is 25.9 Å². The van der Waals surface area contributed by atoms with Gasteiger partial charge in [0.2, 0.25) is 0 Å². The van der Waals surface area contributed by atoms with Gasteiger partial charge in [-0.25, -0.2) is 18.6 Å². The highest BCUT2D eigenvalue weighted by molar-refractivity contribution is 7.09. The molecule has 0 aliphatic carbocycles. The lowest BCUT2D eigenvalue weighted by molar-refractivity contribution is 0.0690. The van der Waals surface area contributed by atoms with Crippen LogP contribution in [0.5, 0.6) is 0 Å². The van der Waals surface area contributed by atoms with E-state index in [1.54, 1.807) is 0 Å². The molecule has 110 valence electrons. The third kappa shape index (κ3) is 3.82. The van der Waals surface area contributed by atoms with Crippen LogP contribution in [0.2, 0.25) is 0 Å². The molecule has 0 atom stereocenters. The van der Waals surface area contributed by atoms with E-state index in [0.717, 1.165) is 29.5 Å². The highest BCUT2D eigenvalue weighted by Gasteiger charge is 2.13. The van der Waals surface area contributed by atoms with Crippen molar-refractivity contribution in [1.29, 1.82) is 0 Å². The van der Waals surface area contributed by atoms with E-state index in [1.165, 1.54) is 5.38 Å². The molecule has 1 aromatic carbocycles. The fourth-order valence-electron chi connectivity index (χ4n) is 1.57. The van der Waals surface area contributed by atoms with Crippen molar-refractivity contribution in [2.45, 2.75) is 6.42 Å². The van der Waals surface area contributed by atoms with Crippen LogP contribution in [0, 0.1) is 11.6 Å². The Balaban J connectivity index is 1.92. The zero-order valence-electron chi connectivity index (χ0n) is 10.6. The van der Waals surface area contributed by atoms with Crippen molar-refractivity contribution in [2.75, 3.05) is 6.54 Å². The molecule has 1 heterocycles. The number of hydrogen-bond acceptors (Lipinski definition) is 4. The minimum absolute atomic E-state index is 0.0579. The van der Waals surface area contributed by atoms with Crippen LogP contribution in [-0.4, -0.2) is 28.5 Å². The summed E-state index contributed by atoms with van der Waals surface area (Å²) in [5.41, 5.74) is -0.433. The number of thiazole rings is 1. The summed E-state index contributed by atoms with van der Waals surface area (Å²) in [4.78, 5) is 26.2. The Morgan fingerprint density at radius 1 is 1.33 bits per heavy atom. The molecule has 2 rings (SSSR count). The molecule has 0 saturated carbocycles. The van der Waals surface area contributed by atoms with Gasteiger partial charge in [0.05, 0.1) is 10.6 Å². The number of carboxylic acid groups (broad SMARTS) is 1. The predicted octanol–water partition coefficient (Wildman–Crippen LogP) is 2.09. The number of aromatic nitrogens is 1. The summed E-state index contributed by atoms with van der Waals surface area (Å²) in [7, 11) is 0. The van der Waals surface area contributed by atoms with Crippen molar-refractivity contribution in [3.8, 4) is 0 Å². The smallest absolute Gasteiger partial charge is 0.355 e. The number of carbonyl (C=O) groups is 2. The largest absolute Gasteiger partial charge is 0.476 e. The molecule has 1 aromatic heterocycles. The van der Waals surface area contributed by atoms with E-state index in [1.807, 2.05) is 0 Å². The monoisotopic (exact) mass is 312 g/mol. The number of rotatable bonds is 5. The first kappa shape index (κ1) is 15.0. The number of carboxylic acids is 1. The predicted molar refractivity (Wildman–Crippen MR) is 71.5 cm³/mol. The van der Waals surface area contributed by atoms with Gasteiger partial charge in [-0.2, -0.15) is 0 Å². The lowest BCUT2D eigenvalue weighted by Crippen LogP contribution is -2.26. The van der Waals surface area contributed by atoms with Gasteiger partial charge in [-0.1, -0.05) is 0 Å². The first-order valence-electron chi connectivity index (χ1n) is 5.88. The average molecular weight is 312 g/mol. The number of halogens is 2. The Bertz CT molecular complexity index is 688. The molecule has 0 spiro atoms. The van der Waals surface area contributed by atoms with Crippen molar-refractivity contribution >= 4 is 23.2 Å². The lowest BCUT2D eigenvalue weighted by atomic mass is 10.2. The molecule has 1 amide bonds. The number of benzene rings is 1. The van der Waals surface area contributed by atoms with Crippen molar-refractivity contribution in [2.24, 2.45) is 0 Å². The normalized spacial score (nSPS) is 10.4. The van der Waals surface area contributed by atoms with Crippen LogP contribution in [0.4, 0.5) is 8.78 Å². The van der Waals surface area contributed by atoms with Gasteiger partial charge in [-0.15, -0.1) is 11.3 Å². The highest BCUT2D eigenvalue weighted by Crippen LogP contribution is 2.11. The molecule has 0 aliphatic heterocycles. The Hall–Kier alpha value is -2.35. The van der Waals surface area contributed by atoms with Gasteiger partial charge in [0.15, 0.2) is 5.69 Å². The van der Waals surface area contributed by atoms with Gasteiger partial charge in [0.1, 0.15) is 11.6 Å². The minimum Gasteiger partial charge on any atom is -0.476 e. The molecular weight excluding hydrogens is 302 g/mol. The van der Waals surface area contributed by atoms with E-state index in [0.29, 0.717) is 11.4 Å². The molecule has 8 heteroatoms. The third-order valence-corrected chi connectivity index (χ3v) is 3.48. The summed E-state index contributed by atoms with van der Waals surface area (Å²) in [6.07, 6.45) is 0.306. The molecule has 0 bridgehead atoms. The summed E-state index contributed by atoms with van der Waals surface area (Å²) in [5, 5.41) is 13.1. The Labute approximate surface area is 122 Å². The fourth-order valence-corrected chi connectivity index (χ4v) is 2.35. The van der Waals surface area contributed by atoms with E-state index in [9.17, 15) is 18.4 Å². The maximum Gasteiger partial charge on any atom is 0.355 e. The maximum absolute atomic E-state index is 13.4. The Morgan fingerprint density at radius 3 is 2.76 bits per heavy atom. The second kappa shape index (κ2) is 6.40. The first-order valence-corrected chi connectivity index (χ1v) is 6.76. The Kier molecular flexibility index (Phi) is 4.59. The second-order valence-corrected chi connectivity index (χ2v) is 5.00. The molecule has 5 nitrogen and oxygen atoms in total. The van der Waals surface area contributed by atoms with E-state index in [4.69, 9.17) is 5.11 Å². The van der Waals surface area contributed by atoms with Crippen molar-refractivity contribution < 1.29 is 23.5 Å². The molecule has 2 N–H and O–H groups in total. The van der Waals surface area contributed by atoms with Crippen molar-refractivity contribution in [3.63, 3.8) is 0 Å². The van der Waals surface area contributed by atoms with E-state index < -0.39 is 23.5 Å². The standard InChI is InChI=1S/C13H10F2N2O3S/c14-7-1-2-9(15)8(5-7)12(18)16-4-3-11-17-10(6-21-11)13(19)20/h1-2,5-6H,3-4H2,(H,16,18)(H,19,20). The van der Waals surface area contributed by atoms with E-state index in [2.05, 4.69) is 10.3 Å². The number of amides is 1. The summed E-state index contributed by atoms with van der Waals surface area (Å²) < 4.78 is 26.3. The van der Waals surface area contributed by atoms with E-state index >= 15 is 0 Å². The van der Waals surface area contributed by atoms with Gasteiger partial charge in [0, 0.05) is 18.3 Å². The molecule has 2 aromatic rings. The molecule has 0 aliphatic rings. The van der Waals surface area contributed by atoms with Crippen LogP contribution in [0.15, 0.2) is 23.6 Å². The number of aromatic carboxylic acids is 1. The summed E-state index contributed by atoms with van der Waals surface area (Å²) >= 11 is 1.15. The topological polar surface area (TPSA) is 79.3 Å². The molecule has 0 saturated heterocycles. The van der Waals surface area contributed by atoms with Gasteiger partial charge >= 0.3 is 5.97 Å². The van der Waals surface area contributed by atoms with Crippen LogP contribution in [-0.2, 0) is 6.42 Å². The van der Waals surface area contributed by atoms with Crippen LogP contribution >= 0.6 is 11.3 Å². The van der Waals surface area contributed by atoms with Crippen LogP contribution < -0.4 is 5.32 Å². The summed E-state index contributed by atoms with van der Waals surface area (Å²) in [6.45, 7) is 0.140. The average Bonchev–Trinajstić information content (AvgIpc) is 2.90. The van der Waals surface area contributed by atoms with Crippen LogP contribution in [0.25, 0.3) is 0 Å². The van der Waals surface area contributed by atoms with Crippen molar-refractivity contribution in [1.82, 2.24) is 10.3 Å². The Morgan fingerprint density at radius 2 is 2.10 bits per heavy atom. The number of hydrogen-bond donors (Lipinski definition) is 2.